The molecule has 1 N–H and O–H groups in total. The van der Waals surface area contributed by atoms with Crippen LogP contribution in [0.15, 0.2) is 90.1 Å². The van der Waals surface area contributed by atoms with E-state index in [4.69, 9.17) is 0 Å². The Morgan fingerprint density at radius 1 is 0.875 bits per heavy atom. The summed E-state index contributed by atoms with van der Waals surface area (Å²) < 4.78 is 1.95. The molecule has 1 aromatic heterocycles. The van der Waals surface area contributed by atoms with Gasteiger partial charge in [0, 0.05) is 16.8 Å². The SMILES string of the molecule is Cc1ccc(-n2c(SCC(=O)NCC(=O)c3ccccc3)nnc2-c2ccccc2)cc1. The third-order valence-electron chi connectivity index (χ3n) is 4.83. The van der Waals surface area contributed by atoms with Crippen LogP contribution in [-0.2, 0) is 4.79 Å². The Morgan fingerprint density at radius 2 is 1.53 bits per heavy atom. The second-order valence-electron chi connectivity index (χ2n) is 7.20. The standard InChI is InChI=1S/C25H22N4O2S/c1-18-12-14-21(15-13-18)29-24(20-10-6-3-7-11-20)27-28-25(29)32-17-23(31)26-16-22(30)19-8-4-2-5-9-19/h2-15H,16-17H2,1H3,(H,26,31). The maximum atomic E-state index is 12.4. The van der Waals surface area contributed by atoms with Gasteiger partial charge in [0.25, 0.3) is 0 Å². The molecular formula is C25H22N4O2S. The number of hydrogen-bond acceptors (Lipinski definition) is 5. The van der Waals surface area contributed by atoms with Gasteiger partial charge in [0.1, 0.15) is 0 Å². The van der Waals surface area contributed by atoms with Crippen LogP contribution in [-0.4, -0.2) is 38.8 Å². The van der Waals surface area contributed by atoms with Gasteiger partial charge in [-0.05, 0) is 19.1 Å². The second kappa shape index (κ2) is 10.1. The summed E-state index contributed by atoms with van der Waals surface area (Å²) in [6.07, 6.45) is 0. The molecule has 32 heavy (non-hydrogen) atoms. The van der Waals surface area contributed by atoms with E-state index in [1.54, 1.807) is 24.3 Å². The number of amides is 1. The van der Waals surface area contributed by atoms with E-state index in [9.17, 15) is 9.59 Å². The number of Topliss-reactive ketones (excluding diaryl/α,β-unsaturated/α-hetero) is 1. The lowest BCUT2D eigenvalue weighted by molar-refractivity contribution is -0.118. The molecule has 7 heteroatoms. The minimum absolute atomic E-state index is 0.0384. The maximum Gasteiger partial charge on any atom is 0.230 e. The molecule has 0 bridgehead atoms. The van der Waals surface area contributed by atoms with Crippen LogP contribution >= 0.6 is 11.8 Å². The van der Waals surface area contributed by atoms with Crippen LogP contribution in [0, 0.1) is 6.92 Å². The Balaban J connectivity index is 1.48. The van der Waals surface area contributed by atoms with Crippen molar-refractivity contribution in [2.45, 2.75) is 12.1 Å². The van der Waals surface area contributed by atoms with E-state index >= 15 is 0 Å². The fourth-order valence-corrected chi connectivity index (χ4v) is 3.93. The Bertz CT molecular complexity index is 1210. The highest BCUT2D eigenvalue weighted by molar-refractivity contribution is 7.99. The predicted molar refractivity (Wildman–Crippen MR) is 126 cm³/mol. The quantitative estimate of drug-likeness (QED) is 0.325. The Hall–Kier alpha value is -3.71. The van der Waals surface area contributed by atoms with Gasteiger partial charge in [0.15, 0.2) is 16.8 Å². The molecule has 0 saturated heterocycles. The van der Waals surface area contributed by atoms with Crippen LogP contribution in [0.5, 0.6) is 0 Å². The third kappa shape index (κ3) is 5.12. The number of ketones is 1. The molecule has 0 spiro atoms. The van der Waals surface area contributed by atoms with E-state index in [1.165, 1.54) is 11.8 Å². The van der Waals surface area contributed by atoms with Gasteiger partial charge < -0.3 is 5.32 Å². The minimum Gasteiger partial charge on any atom is -0.348 e. The first-order valence-corrected chi connectivity index (χ1v) is 11.2. The van der Waals surface area contributed by atoms with Gasteiger partial charge in [-0.15, -0.1) is 10.2 Å². The van der Waals surface area contributed by atoms with Crippen molar-refractivity contribution in [2.24, 2.45) is 0 Å². The molecule has 4 aromatic rings. The molecule has 0 aliphatic carbocycles. The number of nitrogens with zero attached hydrogens (tertiary/aromatic N) is 3. The van der Waals surface area contributed by atoms with Gasteiger partial charge in [-0.2, -0.15) is 0 Å². The number of aryl methyl sites for hydroxylation is 1. The van der Waals surface area contributed by atoms with Crippen LogP contribution in [0.1, 0.15) is 15.9 Å². The van der Waals surface area contributed by atoms with E-state index in [0.717, 1.165) is 16.8 Å². The van der Waals surface area contributed by atoms with E-state index in [-0.39, 0.29) is 24.0 Å². The second-order valence-corrected chi connectivity index (χ2v) is 8.14. The fourth-order valence-electron chi connectivity index (χ4n) is 3.15. The summed E-state index contributed by atoms with van der Waals surface area (Å²) in [5.74, 6) is 0.467. The summed E-state index contributed by atoms with van der Waals surface area (Å²) in [7, 11) is 0. The lowest BCUT2D eigenvalue weighted by Crippen LogP contribution is -2.30. The highest BCUT2D eigenvalue weighted by atomic mass is 32.2. The first-order valence-electron chi connectivity index (χ1n) is 10.2. The minimum atomic E-state index is -0.237. The van der Waals surface area contributed by atoms with Crippen molar-refractivity contribution in [1.29, 1.82) is 0 Å². The van der Waals surface area contributed by atoms with Gasteiger partial charge >= 0.3 is 0 Å². The number of hydrogen-bond donors (Lipinski definition) is 1. The number of carbonyl (C=O) groups is 2. The molecule has 1 amide bonds. The van der Waals surface area contributed by atoms with Crippen molar-refractivity contribution in [3.05, 3.63) is 96.1 Å². The van der Waals surface area contributed by atoms with Crippen molar-refractivity contribution in [2.75, 3.05) is 12.3 Å². The summed E-state index contributed by atoms with van der Waals surface area (Å²) in [6.45, 7) is 1.99. The van der Waals surface area contributed by atoms with Crippen LogP contribution in [0.2, 0.25) is 0 Å². The molecule has 0 aliphatic rings. The van der Waals surface area contributed by atoms with E-state index in [1.807, 2.05) is 72.2 Å². The number of carbonyl (C=O) groups excluding carboxylic acids is 2. The third-order valence-corrected chi connectivity index (χ3v) is 5.76. The van der Waals surface area contributed by atoms with Gasteiger partial charge in [-0.3, -0.25) is 14.2 Å². The average Bonchev–Trinajstić information content (AvgIpc) is 3.27. The number of aromatic nitrogens is 3. The number of benzene rings is 3. The number of nitrogens with one attached hydrogen (secondary N) is 1. The highest BCUT2D eigenvalue weighted by Crippen LogP contribution is 2.28. The zero-order valence-electron chi connectivity index (χ0n) is 17.6. The first kappa shape index (κ1) is 21.5. The van der Waals surface area contributed by atoms with E-state index in [0.29, 0.717) is 16.5 Å². The van der Waals surface area contributed by atoms with E-state index < -0.39 is 0 Å². The smallest absolute Gasteiger partial charge is 0.230 e. The number of rotatable bonds is 8. The normalized spacial score (nSPS) is 10.7. The molecule has 4 rings (SSSR count). The molecule has 0 aliphatic heterocycles. The van der Waals surface area contributed by atoms with Crippen LogP contribution in [0.3, 0.4) is 0 Å². The molecule has 0 unspecified atom stereocenters. The summed E-state index contributed by atoms with van der Waals surface area (Å²) in [5.41, 5.74) is 3.58. The molecule has 0 atom stereocenters. The van der Waals surface area contributed by atoms with Gasteiger partial charge in [-0.1, -0.05) is 90.1 Å². The topological polar surface area (TPSA) is 76.9 Å². The largest absolute Gasteiger partial charge is 0.348 e. The fraction of sp³-hybridized carbons (Fsp3) is 0.120. The van der Waals surface area contributed by atoms with Crippen molar-refractivity contribution in [3.63, 3.8) is 0 Å². The van der Waals surface area contributed by atoms with E-state index in [2.05, 4.69) is 15.5 Å². The van der Waals surface area contributed by atoms with Crippen LogP contribution in [0.25, 0.3) is 17.1 Å². The van der Waals surface area contributed by atoms with Crippen LogP contribution in [0.4, 0.5) is 0 Å². The van der Waals surface area contributed by atoms with Gasteiger partial charge in [-0.25, -0.2) is 0 Å². The summed E-state index contributed by atoms with van der Waals surface area (Å²) in [6, 6.07) is 26.8. The lowest BCUT2D eigenvalue weighted by atomic mass is 10.1. The monoisotopic (exact) mass is 442 g/mol. The van der Waals surface area contributed by atoms with Crippen molar-refractivity contribution in [1.82, 2.24) is 20.1 Å². The predicted octanol–water partition coefficient (Wildman–Crippen LogP) is 4.33. The molecule has 160 valence electrons. The molecule has 1 heterocycles. The summed E-state index contributed by atoms with van der Waals surface area (Å²) in [4.78, 5) is 24.6. The van der Waals surface area contributed by atoms with Crippen molar-refractivity contribution in [3.8, 4) is 17.1 Å². The van der Waals surface area contributed by atoms with Crippen LogP contribution < -0.4 is 5.32 Å². The Kier molecular flexibility index (Phi) is 6.77. The number of thioether (sulfide) groups is 1. The zero-order valence-corrected chi connectivity index (χ0v) is 18.4. The summed E-state index contributed by atoms with van der Waals surface area (Å²) >= 11 is 1.28. The molecule has 0 saturated carbocycles. The lowest BCUT2D eigenvalue weighted by Gasteiger charge is -2.11. The molecule has 3 aromatic carbocycles. The molecule has 6 nitrogen and oxygen atoms in total. The summed E-state index contributed by atoms with van der Waals surface area (Å²) in [5, 5.41) is 12.0. The first-order chi connectivity index (χ1) is 15.6. The molecule has 0 fully saturated rings. The highest BCUT2D eigenvalue weighted by Gasteiger charge is 2.17. The van der Waals surface area contributed by atoms with Crippen molar-refractivity contribution < 1.29 is 9.59 Å². The van der Waals surface area contributed by atoms with Crippen molar-refractivity contribution >= 4 is 23.5 Å². The van der Waals surface area contributed by atoms with Gasteiger partial charge in [0.2, 0.25) is 5.91 Å². The zero-order chi connectivity index (χ0) is 22.3. The Morgan fingerprint density at radius 3 is 2.22 bits per heavy atom. The maximum absolute atomic E-state index is 12.4. The Labute approximate surface area is 190 Å². The average molecular weight is 443 g/mol. The molecular weight excluding hydrogens is 420 g/mol. The molecule has 0 radical (unpaired) electrons. The van der Waals surface area contributed by atoms with Gasteiger partial charge in [0.05, 0.1) is 12.3 Å².